The minimum Gasteiger partial charge on any atom is -0.305 e. The van der Waals surface area contributed by atoms with E-state index in [1.165, 1.54) is 102 Å². The SMILES string of the molecule is CC(C)Cc1cc(-c2[c-]ccc3ccccc23)ncc1[Si](C)(C)C.CC(C)c1cc(-c2[c-]ccc3ccccc23)ncc1[Si](C)(C)C.CC(C)c1nc(-c2[c-]ccc3ccccc23)ccc1[Si](C)(C)C.Cc1cc(-c2[c-]ccc3ccccc23)ncc1[Si](C)(C)C.Cc1nc(-c2[c-]ccc3ccccc23)ccc1[Si](C)(C)C.[Ir].[Ir].[Ir].[Ir].[Ir]. The molecule has 5 radical (unpaired) electrons. The summed E-state index contributed by atoms with van der Waals surface area (Å²) in [5, 5.41) is 19.6. The molecule has 0 aliphatic rings. The van der Waals surface area contributed by atoms with Gasteiger partial charge in [-0.15, -0.1) is 146 Å². The Morgan fingerprint density at radius 1 is 0.291 bits per heavy atom. The van der Waals surface area contributed by atoms with Crippen molar-refractivity contribution in [2.75, 3.05) is 0 Å². The standard InChI is InChI=1S/C22H26NSi.2C21H24NSi.2C19H20NSi.5Ir/c1-16(2)13-18-14-21(23-15-22(18)24(3,4)5)20-12-8-10-17-9-6-7-11-19(17)20;1-15(2)19-13-20(22-14-21(19)23(3,4)5)18-12-8-10-16-9-6-7-11-17(16)18;1-15(2)21-20(23(3,4)5)14-13-19(22-21)18-12-8-10-16-9-6-7-11-17(16)18;1-14-12-18(20-13-19(14)21(2,3)4)17-11-7-9-15-8-5-6-10-16(15)17;1-14-19(21(2,3)4)13-12-18(20-14)17-11-7-9-15-8-5-6-10-16(15)17;;;;;/h6-11,14-16H,13H2,1-5H3;2*6-11,13-15H,1-5H3;2*5-10,12-13H,1-4H3;;;;;/q5*-1;;;;;. The third-order valence-electron chi connectivity index (χ3n) is 20.8. The second kappa shape index (κ2) is 42.9. The first kappa shape index (κ1) is 99.4. The van der Waals surface area contributed by atoms with Gasteiger partial charge in [-0.2, -0.15) is 0 Å². The molecule has 617 valence electrons. The van der Waals surface area contributed by atoms with Crippen LogP contribution in [0.15, 0.2) is 243 Å². The van der Waals surface area contributed by atoms with Crippen molar-refractivity contribution in [3.8, 4) is 56.3 Å². The van der Waals surface area contributed by atoms with E-state index in [1.807, 2.05) is 30.3 Å². The van der Waals surface area contributed by atoms with Gasteiger partial charge in [-0.3, -0.25) is 0 Å². The van der Waals surface area contributed by atoms with E-state index in [4.69, 9.17) is 24.9 Å². The summed E-state index contributed by atoms with van der Waals surface area (Å²) in [6.07, 6.45) is 7.44. The van der Waals surface area contributed by atoms with Crippen molar-refractivity contribution in [3.05, 3.63) is 301 Å². The van der Waals surface area contributed by atoms with Crippen LogP contribution in [0.1, 0.15) is 81.5 Å². The van der Waals surface area contributed by atoms with Gasteiger partial charge in [-0.1, -0.05) is 347 Å². The molecule has 0 aliphatic carbocycles. The van der Waals surface area contributed by atoms with Crippen LogP contribution >= 0.6 is 0 Å². The van der Waals surface area contributed by atoms with Gasteiger partial charge in [0.25, 0.3) is 0 Å². The van der Waals surface area contributed by atoms with Gasteiger partial charge < -0.3 is 24.9 Å². The number of rotatable bonds is 14. The van der Waals surface area contributed by atoms with E-state index in [2.05, 4.69) is 397 Å². The van der Waals surface area contributed by atoms with Crippen molar-refractivity contribution < 1.29 is 101 Å². The minimum absolute atomic E-state index is 0. The average Bonchev–Trinajstić information content (AvgIpc) is 0.808. The molecule has 5 heterocycles. The maximum absolute atomic E-state index is 5.06. The molecule has 10 aromatic carbocycles. The van der Waals surface area contributed by atoms with E-state index in [-0.39, 0.29) is 101 Å². The number of benzene rings is 10. The Labute approximate surface area is 773 Å². The molecule has 0 saturated carbocycles. The first-order valence-corrected chi connectivity index (χ1v) is 57.5. The normalized spacial score (nSPS) is 11.5. The molecule has 0 atom stereocenters. The molecule has 0 unspecified atom stereocenters. The molecule has 5 aromatic heterocycles. The van der Waals surface area contributed by atoms with Crippen LogP contribution in [0.3, 0.4) is 0 Å². The van der Waals surface area contributed by atoms with Crippen LogP contribution in [-0.4, -0.2) is 65.3 Å². The predicted molar refractivity (Wildman–Crippen MR) is 501 cm³/mol. The molecule has 0 spiro atoms. The summed E-state index contributed by atoms with van der Waals surface area (Å²) >= 11 is 0. The van der Waals surface area contributed by atoms with E-state index in [0.717, 1.165) is 68.4 Å². The number of nitrogens with zero attached hydrogens (tertiary/aromatic N) is 5. The summed E-state index contributed by atoms with van der Waals surface area (Å²) in [7, 11) is -6.83. The fourth-order valence-electron chi connectivity index (χ4n) is 15.2. The average molecular weight is 2510 g/mol. The molecule has 0 amide bonds. The van der Waals surface area contributed by atoms with Gasteiger partial charge in [0.1, 0.15) is 0 Å². The van der Waals surface area contributed by atoms with Crippen molar-refractivity contribution in [1.29, 1.82) is 0 Å². The monoisotopic (exact) mass is 2510 g/mol. The van der Waals surface area contributed by atoms with Crippen molar-refractivity contribution in [2.24, 2.45) is 5.92 Å². The second-order valence-corrected chi connectivity index (χ2v) is 61.3. The largest absolute Gasteiger partial charge is 0.305 e. The van der Waals surface area contributed by atoms with Crippen molar-refractivity contribution in [3.63, 3.8) is 0 Å². The van der Waals surface area contributed by atoms with E-state index in [9.17, 15) is 0 Å². The van der Waals surface area contributed by atoms with Crippen LogP contribution in [0.25, 0.3) is 110 Å². The van der Waals surface area contributed by atoms with Crippen molar-refractivity contribution in [1.82, 2.24) is 24.9 Å². The molecule has 15 aromatic rings. The summed E-state index contributed by atoms with van der Waals surface area (Å²) in [5.41, 5.74) is 17.3. The maximum atomic E-state index is 5.06. The Kier molecular flexibility index (Phi) is 36.4. The van der Waals surface area contributed by atoms with Crippen LogP contribution in [0, 0.1) is 50.1 Å². The Bertz CT molecular complexity index is 5520. The van der Waals surface area contributed by atoms with Gasteiger partial charge >= 0.3 is 0 Å². The zero-order valence-corrected chi connectivity index (χ0v) is 89.4. The van der Waals surface area contributed by atoms with Gasteiger partial charge in [0.15, 0.2) is 0 Å². The Hall–Kier alpha value is -6.42. The smallest absolute Gasteiger partial charge is 0.0799 e. The number of pyridine rings is 5. The number of hydrogen-bond donors (Lipinski definition) is 0. The van der Waals surface area contributed by atoms with Gasteiger partial charge in [-0.25, -0.2) is 0 Å². The van der Waals surface area contributed by atoms with Crippen LogP contribution in [0.5, 0.6) is 0 Å². The molecular formula is C102H114Ir5N5Si5-5. The van der Waals surface area contributed by atoms with Gasteiger partial charge in [0, 0.05) is 131 Å². The Balaban J connectivity index is 0.000000225. The van der Waals surface area contributed by atoms with Crippen LogP contribution in [0.4, 0.5) is 0 Å². The molecule has 5 nitrogen and oxygen atoms in total. The summed E-state index contributed by atoms with van der Waals surface area (Å²) < 4.78 is 0. The van der Waals surface area contributed by atoms with E-state index in [1.54, 1.807) is 0 Å². The summed E-state index contributed by atoms with van der Waals surface area (Å²) in [6, 6.07) is 95.4. The van der Waals surface area contributed by atoms with Crippen LogP contribution < -0.4 is 25.9 Å². The quantitative estimate of drug-likeness (QED) is 0.0802. The number of aryl methyl sites for hydroxylation is 2. The fraction of sp³-hybridized carbons (Fsp3) is 0.265. The molecule has 0 N–H and O–H groups in total. The fourth-order valence-corrected chi connectivity index (χ4v) is 23.6. The summed E-state index contributed by atoms with van der Waals surface area (Å²) in [4.78, 5) is 24.3. The van der Waals surface area contributed by atoms with Gasteiger partial charge in [0.2, 0.25) is 0 Å². The van der Waals surface area contributed by atoms with Gasteiger partial charge in [0.05, 0.1) is 40.4 Å². The maximum Gasteiger partial charge on any atom is 0.0799 e. The zero-order valence-electron chi connectivity index (χ0n) is 72.4. The molecule has 15 heteroatoms. The number of aromatic nitrogens is 5. The molecule has 0 fully saturated rings. The van der Waals surface area contributed by atoms with E-state index < -0.39 is 40.4 Å². The molecule has 0 aliphatic heterocycles. The molecular weight excluding hydrogens is 2400 g/mol. The molecule has 0 saturated heterocycles. The minimum atomic E-state index is -1.39. The number of hydrogen-bond acceptors (Lipinski definition) is 5. The molecule has 0 bridgehead atoms. The summed E-state index contributed by atoms with van der Waals surface area (Å²) in [5.74, 6) is 1.59. The van der Waals surface area contributed by atoms with Crippen LogP contribution in [-0.2, 0) is 107 Å². The molecule has 15 rings (SSSR count). The Morgan fingerprint density at radius 2 is 0.590 bits per heavy atom. The van der Waals surface area contributed by atoms with Gasteiger partial charge in [-0.05, 0) is 92.4 Å². The second-order valence-electron chi connectivity index (χ2n) is 36.1. The Morgan fingerprint density at radius 3 is 0.906 bits per heavy atom. The third-order valence-corrected chi connectivity index (χ3v) is 31.2. The van der Waals surface area contributed by atoms with E-state index >= 15 is 0 Å². The van der Waals surface area contributed by atoms with Crippen molar-refractivity contribution >= 4 is 120 Å². The van der Waals surface area contributed by atoms with E-state index in [0.29, 0.717) is 17.8 Å². The summed E-state index contributed by atoms with van der Waals surface area (Å²) in [6.45, 7) is 53.6. The molecule has 117 heavy (non-hydrogen) atoms. The van der Waals surface area contributed by atoms with Crippen LogP contribution in [0.2, 0.25) is 98.2 Å². The first-order valence-electron chi connectivity index (χ1n) is 40.0. The zero-order chi connectivity index (χ0) is 80.6. The predicted octanol–water partition coefficient (Wildman–Crippen LogP) is 25.3. The topological polar surface area (TPSA) is 64.5 Å². The third kappa shape index (κ3) is 24.9. The number of fused-ring (bicyclic) bond motifs is 5. The van der Waals surface area contributed by atoms with Crippen molar-refractivity contribution in [2.45, 2.75) is 172 Å². The first-order chi connectivity index (χ1) is 53.0.